The number of hydrogen-bond acceptors (Lipinski definition) is 3. The van der Waals surface area contributed by atoms with Gasteiger partial charge < -0.3 is 10.6 Å². The van der Waals surface area contributed by atoms with Gasteiger partial charge >= 0.3 is 0 Å². The van der Waals surface area contributed by atoms with E-state index in [1.54, 1.807) is 0 Å². The highest BCUT2D eigenvalue weighted by Crippen LogP contribution is 2.26. The van der Waals surface area contributed by atoms with E-state index in [4.69, 9.17) is 0 Å². The maximum atomic E-state index is 3.32. The second kappa shape index (κ2) is 4.94. The Bertz CT molecular complexity index is 128. The van der Waals surface area contributed by atoms with Crippen molar-refractivity contribution in [3.63, 3.8) is 0 Å². The molecule has 1 fully saturated rings. The third kappa shape index (κ3) is 2.42. The van der Waals surface area contributed by atoms with E-state index in [-0.39, 0.29) is 0 Å². The summed E-state index contributed by atoms with van der Waals surface area (Å²) in [5.74, 6) is 0. The molecule has 3 nitrogen and oxygen atoms in total. The molecule has 0 aromatic heterocycles. The van der Waals surface area contributed by atoms with E-state index in [1.165, 1.54) is 19.3 Å². The topological polar surface area (TPSA) is 27.3 Å². The van der Waals surface area contributed by atoms with E-state index in [0.717, 1.165) is 6.04 Å². The average Bonchev–Trinajstić information content (AvgIpc) is 2.08. The molecule has 0 radical (unpaired) electrons. The molecule has 0 amide bonds. The van der Waals surface area contributed by atoms with Crippen molar-refractivity contribution < 1.29 is 0 Å². The van der Waals surface area contributed by atoms with Crippen LogP contribution in [0.25, 0.3) is 0 Å². The van der Waals surface area contributed by atoms with Crippen molar-refractivity contribution in [2.24, 2.45) is 0 Å². The molecule has 1 aliphatic carbocycles. The molecule has 78 valence electrons. The number of hydrogen-bond donors (Lipinski definition) is 2. The van der Waals surface area contributed by atoms with Crippen molar-refractivity contribution in [3.8, 4) is 0 Å². The van der Waals surface area contributed by atoms with Crippen LogP contribution in [0.5, 0.6) is 0 Å². The molecule has 0 bridgehead atoms. The molecule has 3 heteroatoms. The SMILES string of the molecule is CNC(C)N(C1CCC1)C(C)NC. The first-order valence-electron chi connectivity index (χ1n) is 5.32. The van der Waals surface area contributed by atoms with Crippen molar-refractivity contribution in [3.05, 3.63) is 0 Å². The zero-order valence-corrected chi connectivity index (χ0v) is 9.30. The second-order valence-electron chi connectivity index (χ2n) is 3.96. The molecule has 0 aromatic rings. The fourth-order valence-electron chi connectivity index (χ4n) is 1.95. The summed E-state index contributed by atoms with van der Waals surface area (Å²) in [5, 5.41) is 6.63. The van der Waals surface area contributed by atoms with Crippen molar-refractivity contribution in [1.82, 2.24) is 15.5 Å². The molecule has 1 aliphatic rings. The van der Waals surface area contributed by atoms with Crippen molar-refractivity contribution in [2.45, 2.75) is 51.5 Å². The van der Waals surface area contributed by atoms with E-state index >= 15 is 0 Å². The predicted molar refractivity (Wildman–Crippen MR) is 56.5 cm³/mol. The molecular weight excluding hydrogens is 162 g/mol. The lowest BCUT2D eigenvalue weighted by molar-refractivity contribution is 0.0273. The molecule has 0 spiro atoms. The Morgan fingerprint density at radius 3 is 1.77 bits per heavy atom. The minimum Gasteiger partial charge on any atom is -0.305 e. The summed E-state index contributed by atoms with van der Waals surface area (Å²) in [5.41, 5.74) is 0. The maximum Gasteiger partial charge on any atom is 0.0582 e. The van der Waals surface area contributed by atoms with Crippen LogP contribution in [0.2, 0.25) is 0 Å². The van der Waals surface area contributed by atoms with E-state index in [2.05, 4.69) is 29.4 Å². The third-order valence-electron chi connectivity index (χ3n) is 3.23. The largest absolute Gasteiger partial charge is 0.305 e. The second-order valence-corrected chi connectivity index (χ2v) is 3.96. The van der Waals surface area contributed by atoms with Gasteiger partial charge in [-0.3, -0.25) is 4.90 Å². The summed E-state index contributed by atoms with van der Waals surface area (Å²) in [6.45, 7) is 4.46. The summed E-state index contributed by atoms with van der Waals surface area (Å²) in [6, 6.07) is 0.782. The van der Waals surface area contributed by atoms with Crippen LogP contribution >= 0.6 is 0 Å². The van der Waals surface area contributed by atoms with Crippen LogP contribution in [-0.4, -0.2) is 37.4 Å². The Hall–Kier alpha value is -0.120. The van der Waals surface area contributed by atoms with Gasteiger partial charge in [-0.25, -0.2) is 0 Å². The van der Waals surface area contributed by atoms with E-state index in [1.807, 2.05) is 14.1 Å². The first-order valence-corrected chi connectivity index (χ1v) is 5.32. The highest BCUT2D eigenvalue weighted by Gasteiger charge is 2.30. The minimum absolute atomic E-state index is 0.466. The van der Waals surface area contributed by atoms with Gasteiger partial charge in [0.25, 0.3) is 0 Å². The molecule has 13 heavy (non-hydrogen) atoms. The fraction of sp³-hybridized carbons (Fsp3) is 1.00. The Labute approximate surface area is 81.9 Å². The van der Waals surface area contributed by atoms with Crippen LogP contribution in [0, 0.1) is 0 Å². The highest BCUT2D eigenvalue weighted by atomic mass is 15.4. The maximum absolute atomic E-state index is 3.32. The van der Waals surface area contributed by atoms with Crippen molar-refractivity contribution in [1.29, 1.82) is 0 Å². The van der Waals surface area contributed by atoms with Crippen LogP contribution < -0.4 is 10.6 Å². The van der Waals surface area contributed by atoms with Crippen molar-refractivity contribution >= 4 is 0 Å². The Kier molecular flexibility index (Phi) is 4.16. The summed E-state index contributed by atoms with van der Waals surface area (Å²) in [6.07, 6.45) is 5.05. The van der Waals surface area contributed by atoms with Gasteiger partial charge in [0.15, 0.2) is 0 Å². The molecule has 1 saturated carbocycles. The summed E-state index contributed by atoms with van der Waals surface area (Å²) < 4.78 is 0. The third-order valence-corrected chi connectivity index (χ3v) is 3.23. The minimum atomic E-state index is 0.466. The van der Waals surface area contributed by atoms with Crippen LogP contribution in [0.4, 0.5) is 0 Å². The standard InChI is InChI=1S/C10H23N3/c1-8(11-3)13(9(2)12-4)10-6-5-7-10/h8-12H,5-7H2,1-4H3. The zero-order valence-electron chi connectivity index (χ0n) is 9.30. The lowest BCUT2D eigenvalue weighted by Gasteiger charge is -2.44. The van der Waals surface area contributed by atoms with Gasteiger partial charge in [-0.05, 0) is 40.8 Å². The average molecular weight is 185 g/mol. The molecular formula is C10H23N3. The first-order chi connectivity index (χ1) is 6.20. The van der Waals surface area contributed by atoms with Gasteiger partial charge in [-0.1, -0.05) is 6.42 Å². The lowest BCUT2D eigenvalue weighted by Crippen LogP contribution is -2.58. The van der Waals surface area contributed by atoms with Gasteiger partial charge in [0.1, 0.15) is 0 Å². The molecule has 0 heterocycles. The number of rotatable bonds is 5. The quantitative estimate of drug-likeness (QED) is 0.625. The van der Waals surface area contributed by atoms with Gasteiger partial charge in [-0.15, -0.1) is 0 Å². The van der Waals surface area contributed by atoms with Crippen LogP contribution in [0.1, 0.15) is 33.1 Å². The molecule has 2 N–H and O–H groups in total. The Morgan fingerprint density at radius 2 is 1.54 bits per heavy atom. The van der Waals surface area contributed by atoms with E-state index < -0.39 is 0 Å². The molecule has 0 aliphatic heterocycles. The number of nitrogens with zero attached hydrogens (tertiary/aromatic N) is 1. The van der Waals surface area contributed by atoms with Crippen LogP contribution in [0.3, 0.4) is 0 Å². The Morgan fingerprint density at radius 1 is 1.08 bits per heavy atom. The van der Waals surface area contributed by atoms with E-state index in [0.29, 0.717) is 12.3 Å². The van der Waals surface area contributed by atoms with Crippen LogP contribution in [-0.2, 0) is 0 Å². The normalized spacial score (nSPS) is 22.8. The van der Waals surface area contributed by atoms with Gasteiger partial charge in [0, 0.05) is 6.04 Å². The van der Waals surface area contributed by atoms with Crippen LogP contribution in [0.15, 0.2) is 0 Å². The zero-order chi connectivity index (χ0) is 9.84. The Balaban J connectivity index is 2.51. The molecule has 2 atom stereocenters. The molecule has 0 saturated heterocycles. The first kappa shape index (κ1) is 11.0. The van der Waals surface area contributed by atoms with Gasteiger partial charge in [0.05, 0.1) is 12.3 Å². The summed E-state index contributed by atoms with van der Waals surface area (Å²) in [7, 11) is 4.05. The summed E-state index contributed by atoms with van der Waals surface area (Å²) >= 11 is 0. The fourth-order valence-corrected chi connectivity index (χ4v) is 1.95. The monoisotopic (exact) mass is 185 g/mol. The van der Waals surface area contributed by atoms with Gasteiger partial charge in [0.2, 0.25) is 0 Å². The van der Waals surface area contributed by atoms with Crippen molar-refractivity contribution in [2.75, 3.05) is 14.1 Å². The lowest BCUT2D eigenvalue weighted by atomic mass is 9.90. The van der Waals surface area contributed by atoms with E-state index in [9.17, 15) is 0 Å². The summed E-state index contributed by atoms with van der Waals surface area (Å²) in [4.78, 5) is 2.53. The predicted octanol–water partition coefficient (Wildman–Crippen LogP) is 0.972. The highest BCUT2D eigenvalue weighted by molar-refractivity contribution is 4.84. The molecule has 2 unspecified atom stereocenters. The van der Waals surface area contributed by atoms with Gasteiger partial charge in [-0.2, -0.15) is 0 Å². The molecule has 0 aromatic carbocycles. The smallest absolute Gasteiger partial charge is 0.0582 e. The number of nitrogens with one attached hydrogen (secondary N) is 2. The molecule has 1 rings (SSSR count).